The Bertz CT molecular complexity index is 914. The van der Waals surface area contributed by atoms with E-state index in [4.69, 9.17) is 0 Å². The lowest BCUT2D eigenvalue weighted by atomic mass is 10.1. The van der Waals surface area contributed by atoms with Gasteiger partial charge in [0.25, 0.3) is 11.8 Å². The second-order valence-electron chi connectivity index (χ2n) is 6.14. The number of hydrogen-bond acceptors (Lipinski definition) is 5. The fourth-order valence-corrected chi connectivity index (χ4v) is 3.92. The van der Waals surface area contributed by atoms with Gasteiger partial charge < -0.3 is 10.6 Å². The number of benzene rings is 1. The Morgan fingerprint density at radius 3 is 2.64 bits per heavy atom. The van der Waals surface area contributed by atoms with Crippen LogP contribution in [0.5, 0.6) is 0 Å². The maximum atomic E-state index is 12.5. The van der Waals surface area contributed by atoms with Crippen LogP contribution in [0.15, 0.2) is 35.7 Å². The van der Waals surface area contributed by atoms with Crippen molar-refractivity contribution in [1.82, 2.24) is 5.32 Å². The van der Waals surface area contributed by atoms with Crippen LogP contribution in [0.3, 0.4) is 0 Å². The van der Waals surface area contributed by atoms with Crippen molar-refractivity contribution in [3.63, 3.8) is 0 Å². The topological polar surface area (TPSA) is 92.3 Å². The molecule has 0 bridgehead atoms. The molecule has 0 spiro atoms. The third-order valence-corrected chi connectivity index (χ3v) is 5.36. The zero-order valence-electron chi connectivity index (χ0n) is 13.6. The Morgan fingerprint density at radius 2 is 1.96 bits per heavy atom. The van der Waals surface area contributed by atoms with E-state index in [9.17, 15) is 18.0 Å². The molecule has 1 saturated carbocycles. The molecule has 2 N–H and O–H groups in total. The van der Waals surface area contributed by atoms with E-state index in [0.717, 1.165) is 19.1 Å². The predicted molar refractivity (Wildman–Crippen MR) is 97.8 cm³/mol. The average Bonchev–Trinajstić information content (AvgIpc) is 3.21. The quantitative estimate of drug-likeness (QED) is 0.807. The van der Waals surface area contributed by atoms with Crippen LogP contribution < -0.4 is 10.6 Å². The fraction of sp³-hybridized carbons (Fsp3) is 0.294. The second-order valence-corrected chi connectivity index (χ2v) is 9.19. The molecule has 25 heavy (non-hydrogen) atoms. The lowest BCUT2D eigenvalue weighted by Crippen LogP contribution is -2.26. The first kappa shape index (κ1) is 17.6. The van der Waals surface area contributed by atoms with Gasteiger partial charge >= 0.3 is 0 Å². The predicted octanol–water partition coefficient (Wildman–Crippen LogP) is 2.44. The highest BCUT2D eigenvalue weighted by atomic mass is 32.2. The molecule has 0 radical (unpaired) electrons. The van der Waals surface area contributed by atoms with Crippen LogP contribution in [0.25, 0.3) is 0 Å². The Labute approximate surface area is 150 Å². The van der Waals surface area contributed by atoms with Gasteiger partial charge in [-0.1, -0.05) is 12.1 Å². The molecule has 132 valence electrons. The van der Waals surface area contributed by atoms with Gasteiger partial charge in [0.2, 0.25) is 0 Å². The van der Waals surface area contributed by atoms with Gasteiger partial charge in [-0.3, -0.25) is 9.59 Å². The first-order valence-electron chi connectivity index (χ1n) is 7.78. The van der Waals surface area contributed by atoms with E-state index in [1.54, 1.807) is 35.7 Å². The van der Waals surface area contributed by atoms with Crippen LogP contribution in [-0.4, -0.2) is 32.5 Å². The molecule has 0 aliphatic heterocycles. The molecule has 2 aromatic rings. The molecular weight excluding hydrogens is 360 g/mol. The van der Waals surface area contributed by atoms with Gasteiger partial charge in [-0.15, -0.1) is 11.3 Å². The molecule has 2 amide bonds. The van der Waals surface area contributed by atoms with Crippen molar-refractivity contribution >= 4 is 38.0 Å². The molecule has 1 fully saturated rings. The number of rotatable bonds is 6. The van der Waals surface area contributed by atoms with Crippen molar-refractivity contribution < 1.29 is 18.0 Å². The zero-order valence-corrected chi connectivity index (χ0v) is 15.2. The molecule has 1 aliphatic carbocycles. The van der Waals surface area contributed by atoms with Crippen molar-refractivity contribution in [1.29, 1.82) is 0 Å². The minimum Gasteiger partial charge on any atom is -0.349 e. The standard InChI is InChI=1S/C17H18N2O4S2/c1-25(22,23)10-11-3-2-4-12(9-11)15(20)19-17-14(7-8-24-17)16(21)18-13-5-6-13/h2-4,7-9,13H,5-6,10H2,1H3,(H,18,21)(H,19,20). The monoisotopic (exact) mass is 378 g/mol. The Balaban J connectivity index is 1.73. The van der Waals surface area contributed by atoms with E-state index in [0.29, 0.717) is 21.7 Å². The number of sulfone groups is 1. The third kappa shape index (κ3) is 4.90. The minimum atomic E-state index is -3.18. The number of nitrogens with one attached hydrogen (secondary N) is 2. The summed E-state index contributed by atoms with van der Waals surface area (Å²) in [6.07, 6.45) is 3.13. The Morgan fingerprint density at radius 1 is 1.20 bits per heavy atom. The summed E-state index contributed by atoms with van der Waals surface area (Å²) in [5.41, 5.74) is 1.34. The highest BCUT2D eigenvalue weighted by Crippen LogP contribution is 2.26. The van der Waals surface area contributed by atoms with Crippen LogP contribution >= 0.6 is 11.3 Å². The van der Waals surface area contributed by atoms with Gasteiger partial charge in [0, 0.05) is 17.9 Å². The van der Waals surface area contributed by atoms with E-state index >= 15 is 0 Å². The first-order chi connectivity index (χ1) is 11.8. The summed E-state index contributed by atoms with van der Waals surface area (Å²) in [5.74, 6) is -0.689. The molecule has 1 aliphatic rings. The number of amides is 2. The van der Waals surface area contributed by atoms with Crippen LogP contribution in [0.1, 0.15) is 39.1 Å². The minimum absolute atomic E-state index is 0.123. The van der Waals surface area contributed by atoms with Crippen molar-refractivity contribution in [2.45, 2.75) is 24.6 Å². The normalized spacial score (nSPS) is 14.1. The van der Waals surface area contributed by atoms with Crippen molar-refractivity contribution in [3.05, 3.63) is 52.4 Å². The summed E-state index contributed by atoms with van der Waals surface area (Å²) in [6, 6.07) is 8.39. The molecule has 0 saturated heterocycles. The largest absolute Gasteiger partial charge is 0.349 e. The van der Waals surface area contributed by atoms with Gasteiger partial charge in [0.05, 0.1) is 11.3 Å². The lowest BCUT2D eigenvalue weighted by molar-refractivity contribution is 0.0952. The number of carbonyl (C=O) groups excluding carboxylic acids is 2. The molecule has 6 nitrogen and oxygen atoms in total. The molecule has 3 rings (SSSR count). The molecule has 0 unspecified atom stereocenters. The van der Waals surface area contributed by atoms with E-state index in [-0.39, 0.29) is 23.6 Å². The number of thiophene rings is 1. The van der Waals surface area contributed by atoms with E-state index < -0.39 is 9.84 Å². The number of anilines is 1. The summed E-state index contributed by atoms with van der Waals surface area (Å²) < 4.78 is 22.8. The molecule has 1 aromatic carbocycles. The van der Waals surface area contributed by atoms with Gasteiger partial charge in [-0.05, 0) is 42.0 Å². The third-order valence-electron chi connectivity index (χ3n) is 3.67. The maximum Gasteiger partial charge on any atom is 0.256 e. The van der Waals surface area contributed by atoms with Crippen molar-refractivity contribution in [2.24, 2.45) is 0 Å². The van der Waals surface area contributed by atoms with E-state index in [1.807, 2.05) is 0 Å². The second kappa shape index (κ2) is 6.97. The SMILES string of the molecule is CS(=O)(=O)Cc1cccc(C(=O)Nc2sccc2C(=O)NC2CC2)c1. The highest BCUT2D eigenvalue weighted by molar-refractivity contribution is 7.89. The first-order valence-corrected chi connectivity index (χ1v) is 10.7. The van der Waals surface area contributed by atoms with Crippen molar-refractivity contribution in [3.8, 4) is 0 Å². The van der Waals surface area contributed by atoms with Gasteiger partial charge in [-0.25, -0.2) is 8.42 Å². The van der Waals surface area contributed by atoms with E-state index in [2.05, 4.69) is 10.6 Å². The maximum absolute atomic E-state index is 12.5. The summed E-state index contributed by atoms with van der Waals surface area (Å²) in [5, 5.41) is 7.87. The molecule has 8 heteroatoms. The Hall–Kier alpha value is -2.19. The van der Waals surface area contributed by atoms with Crippen LogP contribution in [0, 0.1) is 0 Å². The van der Waals surface area contributed by atoms with Crippen LogP contribution in [0.4, 0.5) is 5.00 Å². The smallest absolute Gasteiger partial charge is 0.256 e. The fourth-order valence-electron chi connectivity index (χ4n) is 2.36. The summed E-state index contributed by atoms with van der Waals surface area (Å²) in [7, 11) is -3.18. The van der Waals surface area contributed by atoms with Crippen molar-refractivity contribution in [2.75, 3.05) is 11.6 Å². The van der Waals surface area contributed by atoms with Gasteiger partial charge in [0.15, 0.2) is 9.84 Å². The molecule has 1 heterocycles. The number of hydrogen-bond donors (Lipinski definition) is 2. The zero-order chi connectivity index (χ0) is 18.0. The van der Waals surface area contributed by atoms with Crippen LogP contribution in [0.2, 0.25) is 0 Å². The van der Waals surface area contributed by atoms with Crippen LogP contribution in [-0.2, 0) is 15.6 Å². The lowest BCUT2D eigenvalue weighted by Gasteiger charge is -2.08. The van der Waals surface area contributed by atoms with Gasteiger partial charge in [0.1, 0.15) is 5.00 Å². The Kier molecular flexibility index (Phi) is 4.91. The van der Waals surface area contributed by atoms with Gasteiger partial charge in [-0.2, -0.15) is 0 Å². The summed E-state index contributed by atoms with van der Waals surface area (Å²) >= 11 is 1.27. The highest BCUT2D eigenvalue weighted by Gasteiger charge is 2.25. The average molecular weight is 378 g/mol. The summed E-state index contributed by atoms with van der Waals surface area (Å²) in [4.78, 5) is 24.6. The number of carbonyl (C=O) groups is 2. The molecule has 1 aromatic heterocycles. The van der Waals surface area contributed by atoms with E-state index in [1.165, 1.54) is 11.3 Å². The molecule has 0 atom stereocenters. The summed E-state index contributed by atoms with van der Waals surface area (Å²) in [6.45, 7) is 0. The molecular formula is C17H18N2O4S2.